The van der Waals surface area contributed by atoms with E-state index in [1.807, 2.05) is 27.7 Å². The van der Waals surface area contributed by atoms with Crippen LogP contribution < -0.4 is 4.90 Å². The number of hydrogen-bond donors (Lipinski definition) is 0. The van der Waals surface area contributed by atoms with Crippen LogP contribution in [0.15, 0.2) is 18.2 Å². The molecular weight excluding hydrogens is 206 g/mol. The van der Waals surface area contributed by atoms with Gasteiger partial charge in [0.2, 0.25) is 0 Å². The maximum absolute atomic E-state index is 2.58. The van der Waals surface area contributed by atoms with Crippen molar-refractivity contribution in [1.29, 1.82) is 0 Å². The molecule has 1 aromatic carbocycles. The van der Waals surface area contributed by atoms with Crippen molar-refractivity contribution in [2.45, 2.75) is 53.4 Å². The molecule has 17 heavy (non-hydrogen) atoms. The van der Waals surface area contributed by atoms with Crippen molar-refractivity contribution in [1.82, 2.24) is 0 Å². The SMILES string of the molecule is CC.CC.c1cc2c3c(c1)CCCN3CCC2. The monoisotopic (exact) mass is 233 g/mol. The van der Waals surface area contributed by atoms with Gasteiger partial charge in [0.05, 0.1) is 0 Å². The molecule has 0 fully saturated rings. The van der Waals surface area contributed by atoms with Gasteiger partial charge >= 0.3 is 0 Å². The molecule has 0 spiro atoms. The molecule has 2 aliphatic heterocycles. The summed E-state index contributed by atoms with van der Waals surface area (Å²) >= 11 is 0. The molecule has 96 valence electrons. The number of rotatable bonds is 0. The molecule has 2 aliphatic rings. The van der Waals surface area contributed by atoms with E-state index >= 15 is 0 Å². The zero-order valence-electron chi connectivity index (χ0n) is 11.9. The van der Waals surface area contributed by atoms with Crippen LogP contribution in [-0.2, 0) is 12.8 Å². The molecule has 3 rings (SSSR count). The zero-order valence-corrected chi connectivity index (χ0v) is 11.9. The molecule has 0 unspecified atom stereocenters. The highest BCUT2D eigenvalue weighted by molar-refractivity contribution is 5.62. The molecule has 0 radical (unpaired) electrons. The molecule has 2 heterocycles. The molecule has 0 N–H and O–H groups in total. The van der Waals surface area contributed by atoms with E-state index in [0.717, 1.165) is 0 Å². The third-order valence-electron chi connectivity index (χ3n) is 3.27. The van der Waals surface area contributed by atoms with Gasteiger partial charge in [-0.25, -0.2) is 0 Å². The maximum atomic E-state index is 2.58. The Morgan fingerprint density at radius 1 is 0.824 bits per heavy atom. The van der Waals surface area contributed by atoms with Crippen LogP contribution in [0.5, 0.6) is 0 Å². The first-order chi connectivity index (χ1) is 8.45. The molecular formula is C16H27N. The predicted molar refractivity (Wildman–Crippen MR) is 78.0 cm³/mol. The number of anilines is 1. The highest BCUT2D eigenvalue weighted by atomic mass is 15.1. The van der Waals surface area contributed by atoms with Crippen LogP contribution in [-0.4, -0.2) is 13.1 Å². The molecule has 0 atom stereocenters. The van der Waals surface area contributed by atoms with Crippen LogP contribution in [0.4, 0.5) is 5.69 Å². The first kappa shape index (κ1) is 14.1. The van der Waals surface area contributed by atoms with E-state index in [0.29, 0.717) is 0 Å². The summed E-state index contributed by atoms with van der Waals surface area (Å²) in [5.41, 5.74) is 4.76. The number of aryl methyl sites for hydroxylation is 2. The van der Waals surface area contributed by atoms with Crippen molar-refractivity contribution in [3.63, 3.8) is 0 Å². The lowest BCUT2D eigenvalue weighted by molar-refractivity contribution is 0.634. The predicted octanol–water partition coefficient (Wildman–Crippen LogP) is 4.44. The zero-order chi connectivity index (χ0) is 12.7. The van der Waals surface area contributed by atoms with E-state index in [-0.39, 0.29) is 0 Å². The quantitative estimate of drug-likeness (QED) is 0.640. The van der Waals surface area contributed by atoms with Crippen molar-refractivity contribution in [2.24, 2.45) is 0 Å². The van der Waals surface area contributed by atoms with Crippen molar-refractivity contribution in [2.75, 3.05) is 18.0 Å². The highest BCUT2D eigenvalue weighted by Crippen LogP contribution is 2.34. The average Bonchev–Trinajstić information content (AvgIpc) is 2.44. The molecule has 0 saturated heterocycles. The minimum absolute atomic E-state index is 1.28. The second kappa shape index (κ2) is 7.37. The van der Waals surface area contributed by atoms with Crippen LogP contribution in [0.25, 0.3) is 0 Å². The number of hydrogen-bond acceptors (Lipinski definition) is 1. The summed E-state index contributed by atoms with van der Waals surface area (Å²) in [5.74, 6) is 0. The second-order valence-corrected chi connectivity index (χ2v) is 4.12. The van der Waals surface area contributed by atoms with E-state index in [4.69, 9.17) is 0 Å². The lowest BCUT2D eigenvalue weighted by Crippen LogP contribution is -2.34. The van der Waals surface area contributed by atoms with Crippen molar-refractivity contribution in [3.05, 3.63) is 29.3 Å². The number of nitrogens with zero attached hydrogens (tertiary/aromatic N) is 1. The van der Waals surface area contributed by atoms with Gasteiger partial charge in [-0.3, -0.25) is 0 Å². The summed E-state index contributed by atoms with van der Waals surface area (Å²) in [6.07, 6.45) is 5.27. The molecule has 0 aliphatic carbocycles. The second-order valence-electron chi connectivity index (χ2n) is 4.12. The van der Waals surface area contributed by atoms with Crippen LogP contribution in [0, 0.1) is 0 Å². The first-order valence-corrected chi connectivity index (χ1v) is 7.31. The average molecular weight is 233 g/mol. The molecule has 1 aromatic rings. The largest absolute Gasteiger partial charge is 0.371 e. The van der Waals surface area contributed by atoms with Crippen molar-refractivity contribution >= 4 is 5.69 Å². The Bertz CT molecular complexity index is 302. The minimum atomic E-state index is 1.28. The molecule has 1 heteroatoms. The fourth-order valence-electron chi connectivity index (χ4n) is 2.71. The summed E-state index contributed by atoms with van der Waals surface area (Å²) in [7, 11) is 0. The molecule has 0 amide bonds. The topological polar surface area (TPSA) is 3.24 Å². The van der Waals surface area contributed by atoms with E-state index in [9.17, 15) is 0 Å². The normalized spacial score (nSPS) is 15.9. The summed E-state index contributed by atoms with van der Waals surface area (Å²) in [4.78, 5) is 2.58. The Morgan fingerprint density at radius 2 is 1.29 bits per heavy atom. The smallest absolute Gasteiger partial charge is 0.0431 e. The van der Waals surface area contributed by atoms with Crippen molar-refractivity contribution < 1.29 is 0 Å². The third-order valence-corrected chi connectivity index (χ3v) is 3.27. The molecule has 0 saturated carbocycles. The lowest BCUT2D eigenvalue weighted by Gasteiger charge is -2.36. The Kier molecular flexibility index (Phi) is 6.10. The molecule has 0 bridgehead atoms. The summed E-state index contributed by atoms with van der Waals surface area (Å²) in [6.45, 7) is 10.6. The van der Waals surface area contributed by atoms with E-state index in [2.05, 4.69) is 23.1 Å². The van der Waals surface area contributed by atoms with Crippen molar-refractivity contribution in [3.8, 4) is 0 Å². The standard InChI is InChI=1S/C12H15N.2C2H6/c1-4-10-6-2-8-13-9-3-7-11(5-1)12(10)13;2*1-2/h1,4-5H,2-3,6-9H2;2*1-2H3. The number of benzene rings is 1. The van der Waals surface area contributed by atoms with E-state index < -0.39 is 0 Å². The Morgan fingerprint density at radius 3 is 1.76 bits per heavy atom. The van der Waals surface area contributed by atoms with Gasteiger partial charge in [0.25, 0.3) is 0 Å². The molecule has 0 aromatic heterocycles. The van der Waals surface area contributed by atoms with Crippen LogP contribution in [0.1, 0.15) is 51.7 Å². The van der Waals surface area contributed by atoms with E-state index in [1.165, 1.54) is 38.8 Å². The van der Waals surface area contributed by atoms with Gasteiger partial charge in [0.15, 0.2) is 0 Å². The lowest BCUT2D eigenvalue weighted by atomic mass is 9.92. The fraction of sp³-hybridized carbons (Fsp3) is 0.625. The highest BCUT2D eigenvalue weighted by Gasteiger charge is 2.22. The third kappa shape index (κ3) is 3.02. The van der Waals surface area contributed by atoms with E-state index in [1.54, 1.807) is 16.8 Å². The first-order valence-electron chi connectivity index (χ1n) is 7.31. The maximum Gasteiger partial charge on any atom is 0.0431 e. The molecule has 1 nitrogen and oxygen atoms in total. The summed E-state index contributed by atoms with van der Waals surface area (Å²) < 4.78 is 0. The summed E-state index contributed by atoms with van der Waals surface area (Å²) in [6, 6.07) is 6.83. The summed E-state index contributed by atoms with van der Waals surface area (Å²) in [5, 5.41) is 0. The van der Waals surface area contributed by atoms with Crippen LogP contribution in [0.2, 0.25) is 0 Å². The van der Waals surface area contributed by atoms with Gasteiger partial charge in [-0.1, -0.05) is 45.9 Å². The Hall–Kier alpha value is -0.980. The Labute approximate surface area is 107 Å². The van der Waals surface area contributed by atoms with Gasteiger partial charge in [0.1, 0.15) is 0 Å². The van der Waals surface area contributed by atoms with Gasteiger partial charge in [-0.2, -0.15) is 0 Å². The van der Waals surface area contributed by atoms with Gasteiger partial charge < -0.3 is 4.90 Å². The fourth-order valence-corrected chi connectivity index (χ4v) is 2.71. The van der Waals surface area contributed by atoms with Gasteiger partial charge in [-0.15, -0.1) is 0 Å². The minimum Gasteiger partial charge on any atom is -0.371 e. The van der Waals surface area contributed by atoms with Gasteiger partial charge in [0, 0.05) is 18.8 Å². The van der Waals surface area contributed by atoms with Crippen LogP contribution in [0.3, 0.4) is 0 Å². The van der Waals surface area contributed by atoms with Gasteiger partial charge in [-0.05, 0) is 36.8 Å². The number of para-hydroxylation sites is 1. The van der Waals surface area contributed by atoms with Crippen LogP contribution >= 0.6 is 0 Å². The Balaban J connectivity index is 0.000000330.